The molecule has 0 radical (unpaired) electrons. The van der Waals surface area contributed by atoms with E-state index in [1.54, 1.807) is 11.8 Å². The molecule has 16 heavy (non-hydrogen) atoms. The van der Waals surface area contributed by atoms with Crippen molar-refractivity contribution in [2.24, 2.45) is 5.92 Å². The molecule has 1 aliphatic heterocycles. The Balaban J connectivity index is 2.14. The quantitative estimate of drug-likeness (QED) is 0.912. The number of halogens is 1. The van der Waals surface area contributed by atoms with Crippen molar-refractivity contribution in [2.75, 3.05) is 11.5 Å². The van der Waals surface area contributed by atoms with Crippen LogP contribution in [0.5, 0.6) is 0 Å². The number of benzene rings is 1. The average Bonchev–Trinajstić information content (AvgIpc) is 2.30. The third kappa shape index (κ3) is 2.67. The van der Waals surface area contributed by atoms with Gasteiger partial charge in [-0.1, -0.05) is 28.1 Å². The number of aliphatic hydroxyl groups excluding tert-OH is 1. The van der Waals surface area contributed by atoms with Gasteiger partial charge in [-0.05, 0) is 17.7 Å². The molecule has 0 amide bonds. The number of aliphatic hydroxyl groups is 1. The van der Waals surface area contributed by atoms with Gasteiger partial charge in [0.05, 0.1) is 12.0 Å². The molecule has 0 spiro atoms. The lowest BCUT2D eigenvalue weighted by Crippen LogP contribution is -2.28. The van der Waals surface area contributed by atoms with Crippen LogP contribution < -0.4 is 0 Å². The average molecular weight is 301 g/mol. The molecule has 1 saturated heterocycles. The highest BCUT2D eigenvalue weighted by molar-refractivity contribution is 9.10. The number of rotatable bonds is 2. The standard InChI is InChI=1S/C12H13BrO2S/c13-9-3-1-8(2-4-9)12(15)10-7-16-6-5-11(10)14/h1-4,10,12,15H,5-7H2/t10-,12+/m0/s1. The summed E-state index contributed by atoms with van der Waals surface area (Å²) in [7, 11) is 0. The molecule has 1 N–H and O–H groups in total. The van der Waals surface area contributed by atoms with E-state index in [2.05, 4.69) is 15.9 Å². The van der Waals surface area contributed by atoms with Gasteiger partial charge in [-0.15, -0.1) is 0 Å². The number of thioether (sulfide) groups is 1. The normalized spacial score (nSPS) is 23.1. The third-order valence-electron chi connectivity index (χ3n) is 2.80. The molecule has 1 aliphatic rings. The lowest BCUT2D eigenvalue weighted by Gasteiger charge is -2.25. The molecule has 4 heteroatoms. The van der Waals surface area contributed by atoms with E-state index < -0.39 is 6.10 Å². The number of hydrogen-bond acceptors (Lipinski definition) is 3. The van der Waals surface area contributed by atoms with E-state index in [9.17, 15) is 9.90 Å². The molecule has 1 heterocycles. The number of hydrogen-bond donors (Lipinski definition) is 1. The van der Waals surface area contributed by atoms with Gasteiger partial charge in [-0.25, -0.2) is 0 Å². The van der Waals surface area contributed by atoms with E-state index in [0.717, 1.165) is 21.5 Å². The smallest absolute Gasteiger partial charge is 0.140 e. The Morgan fingerprint density at radius 3 is 2.69 bits per heavy atom. The summed E-state index contributed by atoms with van der Waals surface area (Å²) in [6, 6.07) is 7.50. The van der Waals surface area contributed by atoms with Crippen LogP contribution in [0.25, 0.3) is 0 Å². The molecule has 0 unspecified atom stereocenters. The second kappa shape index (κ2) is 5.34. The SMILES string of the molecule is O=C1CCSC[C@@H]1[C@H](O)c1ccc(Br)cc1. The van der Waals surface area contributed by atoms with Gasteiger partial charge >= 0.3 is 0 Å². The first-order chi connectivity index (χ1) is 7.68. The maximum Gasteiger partial charge on any atom is 0.140 e. The van der Waals surface area contributed by atoms with Crippen LogP contribution in [0, 0.1) is 5.92 Å². The zero-order valence-corrected chi connectivity index (χ0v) is 11.1. The molecule has 2 rings (SSSR count). The maximum absolute atomic E-state index is 11.7. The van der Waals surface area contributed by atoms with Crippen molar-refractivity contribution in [3.05, 3.63) is 34.3 Å². The van der Waals surface area contributed by atoms with Crippen LogP contribution in [0.15, 0.2) is 28.7 Å². The summed E-state index contributed by atoms with van der Waals surface area (Å²) < 4.78 is 0.979. The summed E-state index contributed by atoms with van der Waals surface area (Å²) in [5.74, 6) is 1.58. The van der Waals surface area contributed by atoms with E-state index in [1.165, 1.54) is 0 Å². The minimum absolute atomic E-state index is 0.189. The topological polar surface area (TPSA) is 37.3 Å². The number of Topliss-reactive ketones (excluding diaryl/α,β-unsaturated/α-hetero) is 1. The molecule has 0 bridgehead atoms. The number of carbonyl (C=O) groups is 1. The monoisotopic (exact) mass is 300 g/mol. The van der Waals surface area contributed by atoms with Crippen LogP contribution in [0.2, 0.25) is 0 Å². The fourth-order valence-electron chi connectivity index (χ4n) is 1.82. The predicted molar refractivity (Wildman–Crippen MR) is 69.5 cm³/mol. The Morgan fingerprint density at radius 1 is 1.38 bits per heavy atom. The van der Waals surface area contributed by atoms with Crippen molar-refractivity contribution in [3.63, 3.8) is 0 Å². The Kier molecular flexibility index (Phi) is 4.05. The highest BCUT2D eigenvalue weighted by atomic mass is 79.9. The Labute approximate surface area is 108 Å². The first-order valence-corrected chi connectivity index (χ1v) is 7.17. The molecule has 1 fully saturated rings. The van der Waals surface area contributed by atoms with Crippen LogP contribution in [0.1, 0.15) is 18.1 Å². The summed E-state index contributed by atoms with van der Waals surface area (Å²) in [5, 5.41) is 10.2. The van der Waals surface area contributed by atoms with Crippen LogP contribution >= 0.6 is 27.7 Å². The van der Waals surface area contributed by atoms with E-state index >= 15 is 0 Å². The van der Waals surface area contributed by atoms with E-state index in [-0.39, 0.29) is 11.7 Å². The van der Waals surface area contributed by atoms with Crippen molar-refractivity contribution in [1.82, 2.24) is 0 Å². The highest BCUT2D eigenvalue weighted by Crippen LogP contribution is 2.31. The number of carbonyl (C=O) groups excluding carboxylic acids is 1. The minimum Gasteiger partial charge on any atom is -0.388 e. The van der Waals surface area contributed by atoms with Crippen molar-refractivity contribution in [3.8, 4) is 0 Å². The fraction of sp³-hybridized carbons (Fsp3) is 0.417. The molecule has 2 nitrogen and oxygen atoms in total. The summed E-state index contributed by atoms with van der Waals surface area (Å²) in [5.41, 5.74) is 0.823. The van der Waals surface area contributed by atoms with Gasteiger partial charge in [0, 0.05) is 22.4 Å². The Morgan fingerprint density at radius 2 is 2.06 bits per heavy atom. The van der Waals surface area contributed by atoms with Crippen LogP contribution in [-0.4, -0.2) is 22.4 Å². The molecule has 86 valence electrons. The second-order valence-corrected chi connectivity index (χ2v) is 5.96. The van der Waals surface area contributed by atoms with Crippen LogP contribution in [0.3, 0.4) is 0 Å². The van der Waals surface area contributed by atoms with E-state index in [4.69, 9.17) is 0 Å². The fourth-order valence-corrected chi connectivity index (χ4v) is 3.22. The molecular formula is C12H13BrO2S. The van der Waals surface area contributed by atoms with Gasteiger partial charge in [0.2, 0.25) is 0 Å². The zero-order valence-electron chi connectivity index (χ0n) is 8.73. The summed E-state index contributed by atoms with van der Waals surface area (Å²) in [4.78, 5) is 11.7. The van der Waals surface area contributed by atoms with Crippen molar-refractivity contribution >= 4 is 33.5 Å². The maximum atomic E-state index is 11.7. The molecule has 0 aromatic heterocycles. The Bertz CT molecular complexity index is 377. The van der Waals surface area contributed by atoms with Gasteiger partial charge in [0.1, 0.15) is 5.78 Å². The van der Waals surface area contributed by atoms with Crippen molar-refractivity contribution < 1.29 is 9.90 Å². The van der Waals surface area contributed by atoms with Gasteiger partial charge in [-0.3, -0.25) is 4.79 Å². The first-order valence-electron chi connectivity index (χ1n) is 5.22. The lowest BCUT2D eigenvalue weighted by atomic mass is 9.92. The highest BCUT2D eigenvalue weighted by Gasteiger charge is 2.30. The minimum atomic E-state index is -0.659. The van der Waals surface area contributed by atoms with Gasteiger partial charge in [-0.2, -0.15) is 11.8 Å². The van der Waals surface area contributed by atoms with Crippen molar-refractivity contribution in [2.45, 2.75) is 12.5 Å². The first kappa shape index (κ1) is 12.1. The van der Waals surface area contributed by atoms with Gasteiger partial charge < -0.3 is 5.11 Å². The molecule has 1 aromatic carbocycles. The van der Waals surface area contributed by atoms with Gasteiger partial charge in [0.25, 0.3) is 0 Å². The molecule has 0 aliphatic carbocycles. The zero-order chi connectivity index (χ0) is 11.5. The molecule has 0 saturated carbocycles. The molecule has 2 atom stereocenters. The lowest BCUT2D eigenvalue weighted by molar-refractivity contribution is -0.125. The third-order valence-corrected chi connectivity index (χ3v) is 4.41. The summed E-state index contributed by atoms with van der Waals surface area (Å²) in [6.45, 7) is 0. The van der Waals surface area contributed by atoms with E-state index in [0.29, 0.717) is 6.42 Å². The summed E-state index contributed by atoms with van der Waals surface area (Å²) in [6.07, 6.45) is -0.0727. The van der Waals surface area contributed by atoms with Crippen molar-refractivity contribution in [1.29, 1.82) is 0 Å². The van der Waals surface area contributed by atoms with Crippen LogP contribution in [-0.2, 0) is 4.79 Å². The summed E-state index contributed by atoms with van der Waals surface area (Å²) >= 11 is 5.09. The number of ketones is 1. The largest absolute Gasteiger partial charge is 0.388 e. The molecule has 1 aromatic rings. The predicted octanol–water partition coefficient (Wildman–Crippen LogP) is 2.80. The van der Waals surface area contributed by atoms with Crippen LogP contribution in [0.4, 0.5) is 0 Å². The second-order valence-electron chi connectivity index (χ2n) is 3.89. The molecular weight excluding hydrogens is 288 g/mol. The van der Waals surface area contributed by atoms with Gasteiger partial charge in [0.15, 0.2) is 0 Å². The van der Waals surface area contributed by atoms with E-state index in [1.807, 2.05) is 24.3 Å². The Hall–Kier alpha value is -0.320.